The van der Waals surface area contributed by atoms with Gasteiger partial charge in [-0.1, -0.05) is 12.1 Å². The number of carbonyl (C=O) groups is 2. The minimum absolute atomic E-state index is 0. The van der Waals surface area contributed by atoms with Gasteiger partial charge < -0.3 is 10.7 Å². The number of carbonyl (C=O) groups excluding carboxylic acids is 2. The first-order valence-electron chi connectivity index (χ1n) is 8.13. The molecule has 2 aromatic carbocycles. The first kappa shape index (κ1) is 18.0. The van der Waals surface area contributed by atoms with Crippen LogP contribution in [0.4, 0.5) is 0 Å². The molecule has 0 radical (unpaired) electrons. The predicted molar refractivity (Wildman–Crippen MR) is 101 cm³/mol. The van der Waals surface area contributed by atoms with E-state index in [-0.39, 0.29) is 29.8 Å². The van der Waals surface area contributed by atoms with Gasteiger partial charge in [-0.25, -0.2) is 4.98 Å². The van der Waals surface area contributed by atoms with Crippen molar-refractivity contribution in [1.29, 1.82) is 0 Å². The van der Waals surface area contributed by atoms with E-state index in [1.54, 1.807) is 18.2 Å². The second-order valence-electron chi connectivity index (χ2n) is 6.04. The fraction of sp³-hybridized carbons (Fsp3) is 0.222. The lowest BCUT2D eigenvalue weighted by Gasteiger charge is -2.27. The van der Waals surface area contributed by atoms with E-state index < -0.39 is 0 Å². The Hall–Kier alpha value is -2.77. The quantitative estimate of drug-likeness (QED) is 0.412. The summed E-state index contributed by atoms with van der Waals surface area (Å²) in [6, 6.07) is 6.77. The van der Waals surface area contributed by atoms with E-state index in [4.69, 9.17) is 5.73 Å². The number of benzene rings is 2. The number of rotatable bonds is 4. The Labute approximate surface area is 154 Å². The lowest BCUT2D eigenvalue weighted by atomic mass is 9.92. The molecule has 8 heteroatoms. The molecule has 1 aromatic heterocycles. The van der Waals surface area contributed by atoms with Crippen molar-refractivity contribution in [2.45, 2.75) is 12.8 Å². The van der Waals surface area contributed by atoms with Gasteiger partial charge in [-0.05, 0) is 31.5 Å². The van der Waals surface area contributed by atoms with Gasteiger partial charge in [0.25, 0.3) is 17.4 Å². The Balaban J connectivity index is 0.00000196. The zero-order valence-corrected chi connectivity index (χ0v) is 14.6. The molecule has 0 fully saturated rings. The number of nitrogens with zero attached hydrogens (tertiary/aromatic N) is 2. The van der Waals surface area contributed by atoms with E-state index in [1.165, 1.54) is 17.3 Å². The lowest BCUT2D eigenvalue weighted by Crippen LogP contribution is -2.41. The Bertz CT molecular complexity index is 1090. The molecule has 26 heavy (non-hydrogen) atoms. The first-order valence-corrected chi connectivity index (χ1v) is 8.13. The van der Waals surface area contributed by atoms with Crippen molar-refractivity contribution >= 4 is 45.9 Å². The van der Waals surface area contributed by atoms with Gasteiger partial charge in [0.05, 0.1) is 17.2 Å². The van der Waals surface area contributed by atoms with E-state index in [0.717, 1.165) is 6.42 Å². The normalized spacial score (nSPS) is 13.3. The van der Waals surface area contributed by atoms with Crippen LogP contribution >= 0.6 is 12.4 Å². The van der Waals surface area contributed by atoms with Gasteiger partial charge in [-0.3, -0.25) is 19.3 Å². The maximum absolute atomic E-state index is 12.9. The van der Waals surface area contributed by atoms with Crippen LogP contribution in [0.2, 0.25) is 0 Å². The minimum Gasteiger partial charge on any atom is -0.330 e. The molecule has 0 spiro atoms. The molecular weight excluding hydrogens is 356 g/mol. The highest BCUT2D eigenvalue weighted by Gasteiger charge is 2.33. The third-order valence-corrected chi connectivity index (χ3v) is 4.55. The summed E-state index contributed by atoms with van der Waals surface area (Å²) in [4.78, 5) is 45.9. The van der Waals surface area contributed by atoms with Gasteiger partial charge in [0, 0.05) is 28.4 Å². The number of imide groups is 1. The highest BCUT2D eigenvalue weighted by molar-refractivity contribution is 6.28. The molecule has 3 aromatic rings. The van der Waals surface area contributed by atoms with Crippen molar-refractivity contribution in [3.05, 3.63) is 52.1 Å². The van der Waals surface area contributed by atoms with Gasteiger partial charge >= 0.3 is 0 Å². The van der Waals surface area contributed by atoms with Crippen LogP contribution in [0.3, 0.4) is 0 Å². The number of hydrogen-bond acceptors (Lipinski definition) is 5. The largest absolute Gasteiger partial charge is 0.330 e. The number of H-pyrrole nitrogens is 1. The van der Waals surface area contributed by atoms with Crippen LogP contribution in [0.25, 0.3) is 21.7 Å². The van der Waals surface area contributed by atoms with Crippen molar-refractivity contribution in [2.75, 3.05) is 13.1 Å². The molecule has 0 aliphatic carbocycles. The zero-order chi connectivity index (χ0) is 17.6. The van der Waals surface area contributed by atoms with Crippen LogP contribution in [0.1, 0.15) is 33.6 Å². The Morgan fingerprint density at radius 1 is 1.04 bits per heavy atom. The molecule has 3 N–H and O–H groups in total. The average molecular weight is 373 g/mol. The molecule has 2 heterocycles. The summed E-state index contributed by atoms with van der Waals surface area (Å²) in [5.74, 6) is -0.694. The fourth-order valence-corrected chi connectivity index (χ4v) is 3.36. The van der Waals surface area contributed by atoms with E-state index in [9.17, 15) is 14.4 Å². The lowest BCUT2D eigenvalue weighted by molar-refractivity contribution is 0.0608. The molecule has 134 valence electrons. The van der Waals surface area contributed by atoms with Gasteiger partial charge in [-0.15, -0.1) is 12.4 Å². The molecule has 1 aliphatic heterocycles. The summed E-state index contributed by atoms with van der Waals surface area (Å²) >= 11 is 0. The maximum atomic E-state index is 12.9. The van der Waals surface area contributed by atoms with Crippen LogP contribution in [-0.2, 0) is 0 Å². The van der Waals surface area contributed by atoms with Crippen molar-refractivity contribution < 1.29 is 9.59 Å². The summed E-state index contributed by atoms with van der Waals surface area (Å²) in [5.41, 5.74) is 6.50. The molecule has 0 saturated carbocycles. The topological polar surface area (TPSA) is 109 Å². The maximum Gasteiger partial charge on any atom is 0.261 e. The number of aromatic amines is 1. The third-order valence-electron chi connectivity index (χ3n) is 4.55. The average Bonchev–Trinajstić information content (AvgIpc) is 2.63. The summed E-state index contributed by atoms with van der Waals surface area (Å²) in [5, 5.41) is 1.55. The van der Waals surface area contributed by atoms with E-state index in [1.807, 2.05) is 0 Å². The molecule has 1 aliphatic rings. The van der Waals surface area contributed by atoms with Crippen LogP contribution < -0.4 is 11.3 Å². The van der Waals surface area contributed by atoms with Crippen molar-refractivity contribution in [2.24, 2.45) is 5.73 Å². The van der Waals surface area contributed by atoms with Crippen LogP contribution in [0.5, 0.6) is 0 Å². The van der Waals surface area contributed by atoms with E-state index in [0.29, 0.717) is 52.3 Å². The van der Waals surface area contributed by atoms with Crippen molar-refractivity contribution in [3.8, 4) is 0 Å². The highest BCUT2D eigenvalue weighted by Crippen LogP contribution is 2.33. The summed E-state index contributed by atoms with van der Waals surface area (Å²) in [6.45, 7) is 0.820. The Kier molecular flexibility index (Phi) is 4.76. The van der Waals surface area contributed by atoms with E-state index >= 15 is 0 Å². The highest BCUT2D eigenvalue weighted by atomic mass is 35.5. The van der Waals surface area contributed by atoms with Gasteiger partial charge in [0.15, 0.2) is 0 Å². The molecular formula is C18H17ClN4O3. The summed E-state index contributed by atoms with van der Waals surface area (Å²) < 4.78 is 0. The fourth-order valence-electron chi connectivity index (χ4n) is 3.36. The van der Waals surface area contributed by atoms with E-state index in [2.05, 4.69) is 9.97 Å². The number of fused-ring (bicyclic) bond motifs is 2. The number of hydrogen-bond donors (Lipinski definition) is 2. The zero-order valence-electron chi connectivity index (χ0n) is 13.8. The minimum atomic E-state index is -0.379. The number of nitrogens with two attached hydrogens (primary N) is 1. The summed E-state index contributed by atoms with van der Waals surface area (Å²) in [7, 11) is 0. The number of amides is 2. The molecule has 4 rings (SSSR count). The monoisotopic (exact) mass is 372 g/mol. The molecule has 2 amide bonds. The molecule has 0 bridgehead atoms. The van der Waals surface area contributed by atoms with Gasteiger partial charge in [0.1, 0.15) is 0 Å². The summed E-state index contributed by atoms with van der Waals surface area (Å²) in [6.07, 6.45) is 2.70. The molecule has 7 nitrogen and oxygen atoms in total. The number of aromatic nitrogens is 2. The Morgan fingerprint density at radius 2 is 1.81 bits per heavy atom. The number of unbranched alkanes of at least 4 members (excludes halogenated alkanes) is 1. The number of nitrogens with one attached hydrogen (secondary N) is 1. The third kappa shape index (κ3) is 2.56. The second kappa shape index (κ2) is 6.86. The standard InChI is InChI=1S/C18H16N4O3.ClH/c19-6-1-2-7-22-17(24)11-5-3-4-10-14(11)12(18(22)25)8-13-15(10)20-9-21-16(13)23;/h3-5,8-9H,1-2,6-7,19H2,(H,20,21,23);1H. The smallest absolute Gasteiger partial charge is 0.261 e. The van der Waals surface area contributed by atoms with Crippen LogP contribution in [-0.4, -0.2) is 39.8 Å². The van der Waals surface area contributed by atoms with Gasteiger partial charge in [0.2, 0.25) is 0 Å². The molecule has 0 unspecified atom stereocenters. The molecule has 0 saturated heterocycles. The van der Waals surface area contributed by atoms with Gasteiger partial charge in [-0.2, -0.15) is 0 Å². The van der Waals surface area contributed by atoms with Crippen molar-refractivity contribution in [3.63, 3.8) is 0 Å². The predicted octanol–water partition coefficient (Wildman–Crippen LogP) is 1.83. The Morgan fingerprint density at radius 3 is 2.58 bits per heavy atom. The SMILES string of the molecule is Cl.NCCCCN1C(=O)c2cccc3c2c(cc2c(=O)[nH]cnc23)C1=O. The van der Waals surface area contributed by atoms with Crippen LogP contribution in [0, 0.1) is 0 Å². The number of halogens is 1. The van der Waals surface area contributed by atoms with Crippen LogP contribution in [0.15, 0.2) is 35.4 Å². The first-order chi connectivity index (χ1) is 12.1. The van der Waals surface area contributed by atoms with Crippen molar-refractivity contribution in [1.82, 2.24) is 14.9 Å². The second-order valence-corrected chi connectivity index (χ2v) is 6.04. The molecule has 0 atom stereocenters.